The Morgan fingerprint density at radius 1 is 1.47 bits per heavy atom. The third-order valence-electron chi connectivity index (χ3n) is 3.91. The van der Waals surface area contributed by atoms with Crippen LogP contribution < -0.4 is 0 Å². The zero-order chi connectivity index (χ0) is 10.5. The summed E-state index contributed by atoms with van der Waals surface area (Å²) in [6.45, 7) is 2.23. The molecule has 2 saturated carbocycles. The van der Waals surface area contributed by atoms with Gasteiger partial charge in [-0.2, -0.15) is 0 Å². The lowest BCUT2D eigenvalue weighted by atomic mass is 10.1. The lowest BCUT2D eigenvalue weighted by Crippen LogP contribution is -2.18. The van der Waals surface area contributed by atoms with Crippen LogP contribution in [0, 0.1) is 0 Å². The van der Waals surface area contributed by atoms with E-state index in [0.717, 1.165) is 25.0 Å². The summed E-state index contributed by atoms with van der Waals surface area (Å²) in [5.41, 5.74) is 1.38. The summed E-state index contributed by atoms with van der Waals surface area (Å²) in [5, 5.41) is 18.2. The van der Waals surface area contributed by atoms with E-state index in [9.17, 15) is 5.11 Å². The summed E-state index contributed by atoms with van der Waals surface area (Å²) in [7, 11) is 0. The molecule has 15 heavy (non-hydrogen) atoms. The highest BCUT2D eigenvalue weighted by molar-refractivity contribution is 5.19. The highest BCUT2D eigenvalue weighted by atomic mass is 16.3. The molecule has 3 rings (SSSR count). The van der Waals surface area contributed by atoms with Crippen molar-refractivity contribution in [2.24, 2.45) is 0 Å². The molecule has 82 valence electrons. The van der Waals surface area contributed by atoms with Gasteiger partial charge in [0.2, 0.25) is 0 Å². The van der Waals surface area contributed by atoms with E-state index in [0.29, 0.717) is 0 Å². The Labute approximate surface area is 89.3 Å². The molecule has 0 spiro atoms. The molecule has 0 amide bonds. The molecule has 0 saturated heterocycles. The summed E-state index contributed by atoms with van der Waals surface area (Å²) in [6, 6.07) is 0.161. The van der Waals surface area contributed by atoms with Crippen LogP contribution in [-0.2, 0) is 5.41 Å². The zero-order valence-electron chi connectivity index (χ0n) is 9.06. The fraction of sp³-hybridized carbons (Fsp3) is 0.818. The molecule has 0 aliphatic heterocycles. The summed E-state index contributed by atoms with van der Waals surface area (Å²) in [4.78, 5) is 0. The minimum atomic E-state index is -0.230. The Bertz CT molecular complexity index is 370. The number of aromatic nitrogens is 3. The minimum absolute atomic E-state index is 0.161. The molecule has 4 heteroatoms. The summed E-state index contributed by atoms with van der Waals surface area (Å²) >= 11 is 0. The van der Waals surface area contributed by atoms with Crippen LogP contribution in [-0.4, -0.2) is 26.2 Å². The molecule has 1 N–H and O–H groups in total. The van der Waals surface area contributed by atoms with Gasteiger partial charge in [0.05, 0.1) is 17.8 Å². The Hall–Kier alpha value is -0.900. The smallest absolute Gasteiger partial charge is 0.0886 e. The average Bonchev–Trinajstić information content (AvgIpc) is 2.70. The van der Waals surface area contributed by atoms with Crippen molar-refractivity contribution < 1.29 is 5.11 Å². The first-order valence-electron chi connectivity index (χ1n) is 5.79. The van der Waals surface area contributed by atoms with Crippen LogP contribution in [0.15, 0.2) is 6.20 Å². The molecular weight excluding hydrogens is 190 g/mol. The molecule has 2 aliphatic carbocycles. The molecule has 0 bridgehead atoms. The number of hydrogen-bond donors (Lipinski definition) is 1. The van der Waals surface area contributed by atoms with Crippen LogP contribution in [0.4, 0.5) is 0 Å². The van der Waals surface area contributed by atoms with Crippen molar-refractivity contribution in [3.05, 3.63) is 11.9 Å². The molecule has 2 aliphatic rings. The van der Waals surface area contributed by atoms with Gasteiger partial charge in [-0.1, -0.05) is 12.1 Å². The van der Waals surface area contributed by atoms with E-state index in [1.54, 1.807) is 0 Å². The van der Waals surface area contributed by atoms with E-state index in [1.807, 2.05) is 10.9 Å². The van der Waals surface area contributed by atoms with Crippen molar-refractivity contribution in [3.63, 3.8) is 0 Å². The maximum atomic E-state index is 9.78. The van der Waals surface area contributed by atoms with E-state index in [1.165, 1.54) is 12.8 Å². The topological polar surface area (TPSA) is 50.9 Å². The van der Waals surface area contributed by atoms with Crippen molar-refractivity contribution in [2.75, 3.05) is 0 Å². The average molecular weight is 207 g/mol. The van der Waals surface area contributed by atoms with Crippen LogP contribution in [0.25, 0.3) is 0 Å². The van der Waals surface area contributed by atoms with Crippen LogP contribution in [0.1, 0.15) is 50.8 Å². The number of aliphatic hydroxyl groups excluding tert-OH is 1. The van der Waals surface area contributed by atoms with Gasteiger partial charge in [-0.25, -0.2) is 4.68 Å². The quantitative estimate of drug-likeness (QED) is 0.797. The van der Waals surface area contributed by atoms with Crippen molar-refractivity contribution in [2.45, 2.75) is 56.6 Å². The molecule has 0 radical (unpaired) electrons. The molecule has 2 fully saturated rings. The van der Waals surface area contributed by atoms with Crippen LogP contribution in [0.3, 0.4) is 0 Å². The Morgan fingerprint density at radius 2 is 2.27 bits per heavy atom. The van der Waals surface area contributed by atoms with Gasteiger partial charge in [0, 0.05) is 11.6 Å². The molecule has 1 aromatic rings. The van der Waals surface area contributed by atoms with Crippen molar-refractivity contribution >= 4 is 0 Å². The van der Waals surface area contributed by atoms with Crippen molar-refractivity contribution in [3.8, 4) is 0 Å². The van der Waals surface area contributed by atoms with Crippen LogP contribution in [0.5, 0.6) is 0 Å². The van der Waals surface area contributed by atoms with Crippen LogP contribution >= 0.6 is 0 Å². The zero-order valence-corrected chi connectivity index (χ0v) is 9.06. The van der Waals surface area contributed by atoms with Gasteiger partial charge < -0.3 is 5.11 Å². The number of rotatable bonds is 2. The molecule has 1 heterocycles. The molecule has 4 nitrogen and oxygen atoms in total. The third kappa shape index (κ3) is 1.47. The second-order valence-electron chi connectivity index (χ2n) is 5.21. The van der Waals surface area contributed by atoms with E-state index in [-0.39, 0.29) is 17.6 Å². The van der Waals surface area contributed by atoms with Gasteiger partial charge in [0.25, 0.3) is 0 Å². The fourth-order valence-electron chi connectivity index (χ4n) is 2.39. The van der Waals surface area contributed by atoms with Gasteiger partial charge in [-0.05, 0) is 32.1 Å². The maximum Gasteiger partial charge on any atom is 0.0886 e. The molecule has 0 unspecified atom stereocenters. The number of aliphatic hydroxyl groups is 1. The normalized spacial score (nSPS) is 33.2. The summed E-state index contributed by atoms with van der Waals surface area (Å²) < 4.78 is 1.87. The third-order valence-corrected chi connectivity index (χ3v) is 3.91. The van der Waals surface area contributed by atoms with E-state index in [2.05, 4.69) is 17.2 Å². The standard InChI is InChI=1S/C11H17N3O/c1-11(5-6-11)10-7-14(13-12-10)8-3-2-4-9(8)15/h7-9,15H,2-6H2,1H3/t8-,9-/m0/s1. The first kappa shape index (κ1) is 9.33. The number of nitrogens with zero attached hydrogens (tertiary/aromatic N) is 3. The predicted octanol–water partition coefficient (Wildman–Crippen LogP) is 1.42. The summed E-state index contributed by atoms with van der Waals surface area (Å²) in [6.07, 6.45) is 7.27. The Kier molecular flexibility index (Phi) is 1.89. The highest BCUT2D eigenvalue weighted by Crippen LogP contribution is 2.46. The van der Waals surface area contributed by atoms with Crippen molar-refractivity contribution in [1.29, 1.82) is 0 Å². The molecule has 0 aromatic carbocycles. The molecular formula is C11H17N3O. The van der Waals surface area contributed by atoms with Gasteiger partial charge in [-0.3, -0.25) is 0 Å². The number of hydrogen-bond acceptors (Lipinski definition) is 3. The van der Waals surface area contributed by atoms with E-state index < -0.39 is 0 Å². The van der Waals surface area contributed by atoms with Crippen molar-refractivity contribution in [1.82, 2.24) is 15.0 Å². The predicted molar refractivity (Wildman–Crippen MR) is 55.5 cm³/mol. The first-order chi connectivity index (χ1) is 7.19. The van der Waals surface area contributed by atoms with Gasteiger partial charge in [0.15, 0.2) is 0 Å². The minimum Gasteiger partial charge on any atom is -0.391 e. The van der Waals surface area contributed by atoms with Gasteiger partial charge in [-0.15, -0.1) is 5.10 Å². The van der Waals surface area contributed by atoms with E-state index >= 15 is 0 Å². The maximum absolute atomic E-state index is 9.78. The first-order valence-corrected chi connectivity index (χ1v) is 5.79. The molecule has 1 aromatic heterocycles. The Morgan fingerprint density at radius 3 is 2.87 bits per heavy atom. The Balaban J connectivity index is 1.84. The largest absolute Gasteiger partial charge is 0.391 e. The summed E-state index contributed by atoms with van der Waals surface area (Å²) in [5.74, 6) is 0. The van der Waals surface area contributed by atoms with E-state index in [4.69, 9.17) is 0 Å². The van der Waals surface area contributed by atoms with Gasteiger partial charge in [0.1, 0.15) is 0 Å². The monoisotopic (exact) mass is 207 g/mol. The second kappa shape index (κ2) is 3.04. The molecule has 2 atom stereocenters. The lowest BCUT2D eigenvalue weighted by molar-refractivity contribution is 0.129. The van der Waals surface area contributed by atoms with Gasteiger partial charge >= 0.3 is 0 Å². The SMILES string of the molecule is CC1(c2cn([C@H]3CCC[C@@H]3O)nn2)CC1. The fourth-order valence-corrected chi connectivity index (χ4v) is 2.39. The lowest BCUT2D eigenvalue weighted by Gasteiger charge is -2.13. The van der Waals surface area contributed by atoms with Crippen LogP contribution in [0.2, 0.25) is 0 Å². The highest BCUT2D eigenvalue weighted by Gasteiger charge is 2.42. The second-order valence-corrected chi connectivity index (χ2v) is 5.21.